The SMILES string of the molecule is C=CCOC1(C(O)CO)CCO1. The minimum atomic E-state index is -0.983. The van der Waals surface area contributed by atoms with Crippen molar-refractivity contribution in [3.8, 4) is 0 Å². The second-order valence-corrected chi connectivity index (χ2v) is 2.71. The Hall–Kier alpha value is -0.420. The van der Waals surface area contributed by atoms with Crippen molar-refractivity contribution >= 4 is 0 Å². The Balaban J connectivity index is 2.44. The summed E-state index contributed by atoms with van der Waals surface area (Å²) in [6.45, 7) is 4.01. The molecule has 0 radical (unpaired) electrons. The Bertz CT molecular complexity index is 153. The van der Waals surface area contributed by atoms with Crippen LogP contribution in [0.1, 0.15) is 6.42 Å². The van der Waals surface area contributed by atoms with Crippen LogP contribution < -0.4 is 0 Å². The molecule has 1 saturated heterocycles. The van der Waals surface area contributed by atoms with Crippen LogP contribution in [0.3, 0.4) is 0 Å². The molecule has 0 aliphatic carbocycles. The number of ether oxygens (including phenoxy) is 2. The maximum absolute atomic E-state index is 9.32. The van der Waals surface area contributed by atoms with E-state index in [4.69, 9.17) is 14.6 Å². The van der Waals surface area contributed by atoms with E-state index in [1.165, 1.54) is 0 Å². The predicted octanol–water partition coefficient (Wildman–Crippen LogP) is -0.341. The van der Waals surface area contributed by atoms with Crippen molar-refractivity contribution in [1.82, 2.24) is 0 Å². The summed E-state index contributed by atoms with van der Waals surface area (Å²) in [5.74, 6) is -0.983. The predicted molar refractivity (Wildman–Crippen MR) is 42.5 cm³/mol. The molecular weight excluding hydrogens is 160 g/mol. The first-order chi connectivity index (χ1) is 5.75. The van der Waals surface area contributed by atoms with Crippen LogP contribution in [0.4, 0.5) is 0 Å². The summed E-state index contributed by atoms with van der Waals surface area (Å²) >= 11 is 0. The molecule has 2 unspecified atom stereocenters. The number of hydrogen-bond donors (Lipinski definition) is 2. The normalized spacial score (nSPS) is 30.8. The number of hydrogen-bond acceptors (Lipinski definition) is 4. The van der Waals surface area contributed by atoms with Crippen LogP contribution >= 0.6 is 0 Å². The maximum Gasteiger partial charge on any atom is 0.199 e. The monoisotopic (exact) mass is 174 g/mol. The third-order valence-electron chi connectivity index (χ3n) is 1.92. The topological polar surface area (TPSA) is 58.9 Å². The number of aliphatic hydroxyl groups excluding tert-OH is 2. The van der Waals surface area contributed by atoms with Gasteiger partial charge in [0.05, 0.1) is 19.8 Å². The molecule has 0 aromatic carbocycles. The molecule has 1 rings (SSSR count). The van der Waals surface area contributed by atoms with E-state index in [1.807, 2.05) is 0 Å². The van der Waals surface area contributed by atoms with Gasteiger partial charge in [0.25, 0.3) is 0 Å². The summed E-state index contributed by atoms with van der Waals surface area (Å²) < 4.78 is 10.3. The fraction of sp³-hybridized carbons (Fsp3) is 0.750. The summed E-state index contributed by atoms with van der Waals surface area (Å²) in [5, 5.41) is 18.0. The maximum atomic E-state index is 9.32. The van der Waals surface area contributed by atoms with Crippen LogP contribution in [0.5, 0.6) is 0 Å². The zero-order valence-electron chi connectivity index (χ0n) is 6.90. The van der Waals surface area contributed by atoms with Crippen molar-refractivity contribution in [2.75, 3.05) is 19.8 Å². The lowest BCUT2D eigenvalue weighted by atomic mass is 10.0. The van der Waals surface area contributed by atoms with Gasteiger partial charge in [0.2, 0.25) is 0 Å². The first-order valence-corrected chi connectivity index (χ1v) is 3.93. The smallest absolute Gasteiger partial charge is 0.199 e. The summed E-state index contributed by atoms with van der Waals surface area (Å²) in [5.41, 5.74) is 0. The molecule has 2 atom stereocenters. The van der Waals surface area contributed by atoms with Gasteiger partial charge in [-0.2, -0.15) is 0 Å². The lowest BCUT2D eigenvalue weighted by Gasteiger charge is -2.43. The van der Waals surface area contributed by atoms with Crippen molar-refractivity contribution in [3.63, 3.8) is 0 Å². The van der Waals surface area contributed by atoms with Gasteiger partial charge in [0.1, 0.15) is 6.10 Å². The van der Waals surface area contributed by atoms with E-state index < -0.39 is 11.9 Å². The van der Waals surface area contributed by atoms with Crippen molar-refractivity contribution in [1.29, 1.82) is 0 Å². The lowest BCUT2D eigenvalue weighted by Crippen LogP contribution is -2.56. The Morgan fingerprint density at radius 3 is 2.75 bits per heavy atom. The lowest BCUT2D eigenvalue weighted by molar-refractivity contribution is -0.345. The molecule has 0 aromatic heterocycles. The highest BCUT2D eigenvalue weighted by atomic mass is 16.7. The quantitative estimate of drug-likeness (QED) is 0.560. The van der Waals surface area contributed by atoms with Gasteiger partial charge in [-0.25, -0.2) is 0 Å². The van der Waals surface area contributed by atoms with E-state index >= 15 is 0 Å². The van der Waals surface area contributed by atoms with Crippen molar-refractivity contribution in [2.24, 2.45) is 0 Å². The van der Waals surface area contributed by atoms with E-state index in [-0.39, 0.29) is 6.61 Å². The molecule has 2 N–H and O–H groups in total. The molecule has 0 bridgehead atoms. The number of aliphatic hydroxyl groups is 2. The molecule has 1 fully saturated rings. The van der Waals surface area contributed by atoms with E-state index in [0.717, 1.165) is 0 Å². The Morgan fingerprint density at radius 2 is 2.42 bits per heavy atom. The molecule has 70 valence electrons. The molecule has 0 amide bonds. The number of rotatable bonds is 5. The fourth-order valence-electron chi connectivity index (χ4n) is 1.12. The van der Waals surface area contributed by atoms with Crippen molar-refractivity contribution in [2.45, 2.75) is 18.3 Å². The standard InChI is InChI=1S/C8H14O4/c1-2-4-11-8(3-5-12-8)7(10)6-9/h2,7,9-10H,1,3-6H2. The van der Waals surface area contributed by atoms with Gasteiger partial charge in [0, 0.05) is 6.42 Å². The first-order valence-electron chi connectivity index (χ1n) is 3.93. The molecule has 0 aromatic rings. The average Bonchev–Trinajstić information content (AvgIpc) is 2.02. The van der Waals surface area contributed by atoms with Crippen molar-refractivity contribution in [3.05, 3.63) is 12.7 Å². The van der Waals surface area contributed by atoms with E-state index in [2.05, 4.69) is 6.58 Å². The van der Waals surface area contributed by atoms with Crippen LogP contribution in [-0.4, -0.2) is 41.9 Å². The highest BCUT2D eigenvalue weighted by Gasteiger charge is 2.46. The van der Waals surface area contributed by atoms with E-state index in [0.29, 0.717) is 19.6 Å². The zero-order chi connectivity index (χ0) is 9.03. The molecule has 4 heteroatoms. The highest BCUT2D eigenvalue weighted by Crippen LogP contribution is 2.31. The molecule has 4 nitrogen and oxygen atoms in total. The van der Waals surface area contributed by atoms with Gasteiger partial charge in [-0.05, 0) is 0 Å². The Labute approximate surface area is 71.4 Å². The second-order valence-electron chi connectivity index (χ2n) is 2.71. The van der Waals surface area contributed by atoms with Gasteiger partial charge in [-0.15, -0.1) is 6.58 Å². The summed E-state index contributed by atoms with van der Waals surface area (Å²) in [6.07, 6.45) is 1.22. The first kappa shape index (κ1) is 9.67. The van der Waals surface area contributed by atoms with Gasteiger partial charge in [-0.1, -0.05) is 6.08 Å². The molecule has 1 aliphatic heterocycles. The molecule has 0 saturated carbocycles. The van der Waals surface area contributed by atoms with Crippen LogP contribution in [0, 0.1) is 0 Å². The molecule has 1 aliphatic rings. The largest absolute Gasteiger partial charge is 0.393 e. The molecule has 0 spiro atoms. The van der Waals surface area contributed by atoms with E-state index in [1.54, 1.807) is 6.08 Å². The third-order valence-corrected chi connectivity index (χ3v) is 1.92. The van der Waals surface area contributed by atoms with Gasteiger partial charge < -0.3 is 19.7 Å². The molecular formula is C8H14O4. The minimum absolute atomic E-state index is 0.317. The second kappa shape index (κ2) is 4.00. The van der Waals surface area contributed by atoms with Gasteiger partial charge in [-0.3, -0.25) is 0 Å². The van der Waals surface area contributed by atoms with Crippen LogP contribution in [0.25, 0.3) is 0 Å². The average molecular weight is 174 g/mol. The molecule has 12 heavy (non-hydrogen) atoms. The highest BCUT2D eigenvalue weighted by molar-refractivity contribution is 4.86. The van der Waals surface area contributed by atoms with Crippen LogP contribution in [0.15, 0.2) is 12.7 Å². The summed E-state index contributed by atoms with van der Waals surface area (Å²) in [4.78, 5) is 0. The Kier molecular flexibility index (Phi) is 3.22. The minimum Gasteiger partial charge on any atom is -0.393 e. The Morgan fingerprint density at radius 1 is 1.75 bits per heavy atom. The third kappa shape index (κ3) is 1.67. The zero-order valence-corrected chi connectivity index (χ0v) is 6.90. The van der Waals surface area contributed by atoms with E-state index in [9.17, 15) is 5.11 Å². The summed E-state index contributed by atoms with van der Waals surface area (Å²) in [7, 11) is 0. The van der Waals surface area contributed by atoms with Crippen molar-refractivity contribution < 1.29 is 19.7 Å². The fourth-order valence-corrected chi connectivity index (χ4v) is 1.12. The molecule has 1 heterocycles. The van der Waals surface area contributed by atoms with Crippen LogP contribution in [-0.2, 0) is 9.47 Å². The van der Waals surface area contributed by atoms with Crippen LogP contribution in [0.2, 0.25) is 0 Å². The summed E-state index contributed by atoms with van der Waals surface area (Å²) in [6, 6.07) is 0. The van der Waals surface area contributed by atoms with Gasteiger partial charge >= 0.3 is 0 Å². The van der Waals surface area contributed by atoms with Gasteiger partial charge in [0.15, 0.2) is 5.79 Å².